The lowest BCUT2D eigenvalue weighted by atomic mass is 9.96. The number of hydrogen-bond acceptors (Lipinski definition) is 6. The largest absolute Gasteiger partial charge is 0.356 e. The number of halogens is 1. The quantitative estimate of drug-likeness (QED) is 0.688. The fourth-order valence-corrected chi connectivity index (χ4v) is 4.62. The topological polar surface area (TPSA) is 85.1 Å². The summed E-state index contributed by atoms with van der Waals surface area (Å²) in [6, 6.07) is 7.50. The van der Waals surface area contributed by atoms with Gasteiger partial charge in [0.25, 0.3) is 0 Å². The van der Waals surface area contributed by atoms with Crippen molar-refractivity contribution in [3.8, 4) is 5.00 Å². The van der Waals surface area contributed by atoms with Crippen LogP contribution in [0.3, 0.4) is 0 Å². The first-order valence-electron chi connectivity index (χ1n) is 9.35. The molecule has 4 rings (SSSR count). The molecule has 0 saturated carbocycles. The van der Waals surface area contributed by atoms with Crippen LogP contribution in [0, 0.1) is 13.8 Å². The van der Waals surface area contributed by atoms with Gasteiger partial charge in [0.2, 0.25) is 5.91 Å². The van der Waals surface area contributed by atoms with Crippen LogP contribution < -0.4 is 5.32 Å². The third-order valence-electron chi connectivity index (χ3n) is 4.81. The van der Waals surface area contributed by atoms with E-state index >= 15 is 0 Å². The highest BCUT2D eigenvalue weighted by atomic mass is 35.5. The number of aliphatic imine (C=N–C) groups is 1. The first kappa shape index (κ1) is 19.7. The monoisotopic (exact) mass is 428 g/mol. The maximum absolute atomic E-state index is 12.5. The number of amides is 1. The molecule has 2 aromatic heterocycles. The molecule has 1 aromatic carbocycles. The Hall–Kier alpha value is -2.58. The molecule has 3 aromatic rings. The maximum atomic E-state index is 12.5. The molecular weight excluding hydrogens is 408 g/mol. The van der Waals surface area contributed by atoms with E-state index in [-0.39, 0.29) is 12.3 Å². The van der Waals surface area contributed by atoms with Gasteiger partial charge in [-0.3, -0.25) is 14.4 Å². The molecule has 1 aliphatic heterocycles. The first-order chi connectivity index (χ1) is 13.8. The van der Waals surface area contributed by atoms with Crippen molar-refractivity contribution in [3.63, 3.8) is 0 Å². The van der Waals surface area contributed by atoms with Gasteiger partial charge in [-0.1, -0.05) is 23.7 Å². The highest BCUT2D eigenvalue weighted by Gasteiger charge is 2.40. The molecule has 3 heterocycles. The SMILES string of the molecule is CCNC(=O)CC1(C)N=C(c2ccc(Cl)cc2)c2nc(C)sc2-n2c(C)nnc21. The number of nitrogens with one attached hydrogen (secondary N) is 1. The number of fused-ring (bicyclic) bond motifs is 3. The second kappa shape index (κ2) is 7.35. The standard InChI is InChI=1S/C20H21ClN6OS/c1-5-22-15(28)10-20(4)19-26-25-11(2)27(19)18-17(23-12(3)29-18)16(24-20)13-6-8-14(21)9-7-13/h6-9H,5,10H2,1-4H3,(H,22,28). The van der Waals surface area contributed by atoms with Gasteiger partial charge < -0.3 is 5.32 Å². The molecule has 1 amide bonds. The van der Waals surface area contributed by atoms with E-state index in [1.54, 1.807) is 11.3 Å². The number of carbonyl (C=O) groups is 1. The molecular formula is C20H21ClN6OS. The molecule has 1 unspecified atom stereocenters. The lowest BCUT2D eigenvalue weighted by Crippen LogP contribution is -2.33. The fourth-order valence-electron chi connectivity index (χ4n) is 3.53. The summed E-state index contributed by atoms with van der Waals surface area (Å²) in [5.74, 6) is 1.28. The number of hydrogen-bond donors (Lipinski definition) is 1. The van der Waals surface area contributed by atoms with Gasteiger partial charge in [-0.15, -0.1) is 21.5 Å². The number of thiazole rings is 1. The van der Waals surface area contributed by atoms with Crippen molar-refractivity contribution in [1.82, 2.24) is 25.1 Å². The third kappa shape index (κ3) is 3.47. The average molecular weight is 429 g/mol. The minimum absolute atomic E-state index is 0.0872. The molecule has 1 aliphatic rings. The second-order valence-corrected chi connectivity index (χ2v) is 8.78. The van der Waals surface area contributed by atoms with Crippen LogP contribution in [0.15, 0.2) is 29.3 Å². The van der Waals surface area contributed by atoms with Crippen molar-refractivity contribution in [2.75, 3.05) is 6.54 Å². The molecule has 0 saturated heterocycles. The molecule has 1 N–H and O–H groups in total. The van der Waals surface area contributed by atoms with Crippen molar-refractivity contribution in [3.05, 3.63) is 57.2 Å². The summed E-state index contributed by atoms with van der Waals surface area (Å²) in [6.07, 6.45) is 0.157. The molecule has 0 radical (unpaired) electrons. The summed E-state index contributed by atoms with van der Waals surface area (Å²) < 4.78 is 1.98. The van der Waals surface area contributed by atoms with Gasteiger partial charge in [-0.05, 0) is 39.8 Å². The smallest absolute Gasteiger partial charge is 0.222 e. The Labute approximate surface area is 177 Å². The normalized spacial score (nSPS) is 17.9. The van der Waals surface area contributed by atoms with Crippen LogP contribution in [0.4, 0.5) is 0 Å². The Morgan fingerprint density at radius 2 is 1.97 bits per heavy atom. The zero-order valence-corrected chi connectivity index (χ0v) is 18.2. The van der Waals surface area contributed by atoms with Gasteiger partial charge >= 0.3 is 0 Å². The molecule has 29 heavy (non-hydrogen) atoms. The summed E-state index contributed by atoms with van der Waals surface area (Å²) in [5.41, 5.74) is 1.47. The summed E-state index contributed by atoms with van der Waals surface area (Å²) in [4.78, 5) is 22.4. The van der Waals surface area contributed by atoms with Crippen LogP contribution >= 0.6 is 22.9 Å². The average Bonchev–Trinajstić information content (AvgIpc) is 3.21. The van der Waals surface area contributed by atoms with E-state index in [1.807, 2.05) is 56.5 Å². The second-order valence-electron chi connectivity index (χ2n) is 7.16. The maximum Gasteiger partial charge on any atom is 0.222 e. The van der Waals surface area contributed by atoms with Crippen molar-refractivity contribution < 1.29 is 4.79 Å². The van der Waals surface area contributed by atoms with E-state index in [2.05, 4.69) is 15.5 Å². The molecule has 0 aliphatic carbocycles. The van der Waals surface area contributed by atoms with E-state index in [4.69, 9.17) is 21.6 Å². The number of rotatable bonds is 4. The van der Waals surface area contributed by atoms with Gasteiger partial charge in [0, 0.05) is 17.1 Å². The van der Waals surface area contributed by atoms with Gasteiger partial charge in [0.1, 0.15) is 22.1 Å². The first-order valence-corrected chi connectivity index (χ1v) is 10.5. The molecule has 9 heteroatoms. The van der Waals surface area contributed by atoms with Gasteiger partial charge in [0.15, 0.2) is 5.82 Å². The molecule has 0 fully saturated rings. The van der Waals surface area contributed by atoms with Crippen molar-refractivity contribution in [2.24, 2.45) is 4.99 Å². The Morgan fingerprint density at radius 1 is 1.24 bits per heavy atom. The predicted octanol–water partition coefficient (Wildman–Crippen LogP) is 3.59. The van der Waals surface area contributed by atoms with Crippen LogP contribution in [0.5, 0.6) is 0 Å². The number of carbonyl (C=O) groups excluding carboxylic acids is 1. The molecule has 1 atom stereocenters. The van der Waals surface area contributed by atoms with Gasteiger partial charge in [-0.25, -0.2) is 4.98 Å². The van der Waals surface area contributed by atoms with E-state index in [0.29, 0.717) is 17.4 Å². The van der Waals surface area contributed by atoms with E-state index in [9.17, 15) is 4.79 Å². The van der Waals surface area contributed by atoms with Gasteiger partial charge in [-0.2, -0.15) is 0 Å². The number of nitrogens with zero attached hydrogens (tertiary/aromatic N) is 5. The van der Waals surface area contributed by atoms with Crippen molar-refractivity contribution in [2.45, 2.75) is 39.7 Å². The third-order valence-corrected chi connectivity index (χ3v) is 6.01. The molecule has 0 spiro atoms. The fraction of sp³-hybridized carbons (Fsp3) is 0.350. The molecule has 150 valence electrons. The highest BCUT2D eigenvalue weighted by Crippen LogP contribution is 2.38. The van der Waals surface area contributed by atoms with Crippen LogP contribution in [0.1, 0.15) is 48.2 Å². The summed E-state index contributed by atoms with van der Waals surface area (Å²) in [5, 5.41) is 14.0. The van der Waals surface area contributed by atoms with Crippen molar-refractivity contribution in [1.29, 1.82) is 0 Å². The Morgan fingerprint density at radius 3 is 2.66 bits per heavy atom. The highest BCUT2D eigenvalue weighted by molar-refractivity contribution is 7.14. The number of aryl methyl sites for hydroxylation is 2. The van der Waals surface area contributed by atoms with Gasteiger partial charge in [0.05, 0.1) is 17.1 Å². The zero-order chi connectivity index (χ0) is 20.8. The molecule has 7 nitrogen and oxygen atoms in total. The molecule has 0 bridgehead atoms. The van der Waals surface area contributed by atoms with Crippen LogP contribution in [0.2, 0.25) is 5.02 Å². The number of benzene rings is 1. The lowest BCUT2D eigenvalue weighted by molar-refractivity contribution is -0.122. The predicted molar refractivity (Wildman–Crippen MR) is 114 cm³/mol. The Bertz CT molecular complexity index is 1120. The summed E-state index contributed by atoms with van der Waals surface area (Å²) in [7, 11) is 0. The van der Waals surface area contributed by atoms with Crippen LogP contribution in [0.25, 0.3) is 5.00 Å². The Kier molecular flexibility index (Phi) is 5.00. The zero-order valence-electron chi connectivity index (χ0n) is 16.7. The summed E-state index contributed by atoms with van der Waals surface area (Å²) in [6.45, 7) is 8.23. The van der Waals surface area contributed by atoms with Crippen molar-refractivity contribution >= 4 is 34.6 Å². The Balaban J connectivity index is 1.98. The van der Waals surface area contributed by atoms with E-state index < -0.39 is 5.54 Å². The number of aromatic nitrogens is 4. The lowest BCUT2D eigenvalue weighted by Gasteiger charge is -2.23. The minimum Gasteiger partial charge on any atom is -0.356 e. The van der Waals surface area contributed by atoms with Crippen LogP contribution in [-0.4, -0.2) is 37.9 Å². The van der Waals surface area contributed by atoms with Crippen LogP contribution in [-0.2, 0) is 10.3 Å². The minimum atomic E-state index is -0.899. The van der Waals surface area contributed by atoms with E-state index in [0.717, 1.165) is 32.8 Å². The van der Waals surface area contributed by atoms with E-state index in [1.165, 1.54) is 0 Å². The summed E-state index contributed by atoms with van der Waals surface area (Å²) >= 11 is 7.66.